The van der Waals surface area contributed by atoms with Crippen molar-refractivity contribution in [2.24, 2.45) is 0 Å². The van der Waals surface area contributed by atoms with Crippen molar-refractivity contribution in [3.8, 4) is 22.5 Å². The number of hydrogen-bond donors (Lipinski definition) is 0. The van der Waals surface area contributed by atoms with Gasteiger partial charge in [-0.15, -0.1) is 0 Å². The van der Waals surface area contributed by atoms with E-state index < -0.39 is 6.83 Å². The Balaban J connectivity index is 1.46. The van der Waals surface area contributed by atoms with E-state index in [2.05, 4.69) is 127 Å². The van der Waals surface area contributed by atoms with E-state index in [4.69, 9.17) is 0 Å². The standard InChI is InChI=1S/C37H21BFN3/c39-38-40-30(26-12-5-14-28-34-24-10-3-1-8-22(24)18-20-32(34)41(38)36(26)28)16-7-17-31(40)27-13-6-15-29-35-25-11-4-2-9-23(25)19-21-33(35)42(38)37(27)29/h1-21H. The minimum atomic E-state index is -3.04. The smallest absolute Gasteiger partial charge is 0.400 e. The first-order valence-electron chi connectivity index (χ1n) is 14.5. The zero-order chi connectivity index (χ0) is 27.3. The fourth-order valence-corrected chi connectivity index (χ4v) is 8.49. The third-order valence-electron chi connectivity index (χ3n) is 9.99. The van der Waals surface area contributed by atoms with Crippen molar-refractivity contribution in [2.75, 3.05) is 0 Å². The molecule has 0 bridgehead atoms. The first-order chi connectivity index (χ1) is 20.7. The van der Waals surface area contributed by atoms with Gasteiger partial charge in [-0.3, -0.25) is 0 Å². The summed E-state index contributed by atoms with van der Waals surface area (Å²) in [4.78, 5) is 0. The van der Waals surface area contributed by atoms with Crippen LogP contribution in [0.2, 0.25) is 0 Å². The van der Waals surface area contributed by atoms with Gasteiger partial charge in [0.15, 0.2) is 11.4 Å². The number of hydrogen-bond acceptors (Lipinski definition) is 0. The molecule has 11 rings (SSSR count). The molecule has 0 saturated heterocycles. The zero-order valence-corrected chi connectivity index (χ0v) is 22.4. The van der Waals surface area contributed by atoms with Gasteiger partial charge in [-0.1, -0.05) is 84.9 Å². The highest BCUT2D eigenvalue weighted by molar-refractivity contribution is 6.68. The number of aromatic nitrogens is 3. The van der Waals surface area contributed by atoms with Crippen LogP contribution < -0.4 is 4.48 Å². The predicted octanol–water partition coefficient (Wildman–Crippen LogP) is 8.81. The molecule has 0 amide bonds. The second-order valence-electron chi connectivity index (χ2n) is 11.8. The van der Waals surface area contributed by atoms with Crippen LogP contribution in [0.5, 0.6) is 0 Å². The van der Waals surface area contributed by atoms with E-state index in [1.54, 1.807) is 0 Å². The van der Waals surface area contributed by atoms with Crippen LogP contribution in [-0.2, 0) is 0 Å². The average Bonchev–Trinajstić information content (AvgIpc) is 3.58. The lowest BCUT2D eigenvalue weighted by molar-refractivity contribution is -0.539. The molecular weight excluding hydrogens is 516 g/mol. The summed E-state index contributed by atoms with van der Waals surface area (Å²) in [7, 11) is 0. The quantitative estimate of drug-likeness (QED) is 0.172. The molecular formula is C37H21BFN3. The van der Waals surface area contributed by atoms with Crippen molar-refractivity contribution < 1.29 is 8.79 Å². The van der Waals surface area contributed by atoms with Gasteiger partial charge in [0.2, 0.25) is 0 Å². The summed E-state index contributed by atoms with van der Waals surface area (Å²) in [5.41, 5.74) is 7.68. The summed E-state index contributed by atoms with van der Waals surface area (Å²) in [6.45, 7) is -3.04. The summed E-state index contributed by atoms with van der Waals surface area (Å²) >= 11 is 0. The van der Waals surface area contributed by atoms with Gasteiger partial charge in [0.05, 0.1) is 11.1 Å². The Morgan fingerprint density at radius 3 is 1.43 bits per heavy atom. The molecule has 9 aromatic rings. The van der Waals surface area contributed by atoms with Gasteiger partial charge < -0.3 is 17.7 Å². The van der Waals surface area contributed by atoms with Crippen LogP contribution in [0.4, 0.5) is 4.32 Å². The highest BCUT2D eigenvalue weighted by atomic mass is 19.1. The van der Waals surface area contributed by atoms with E-state index in [1.807, 2.05) is 13.4 Å². The van der Waals surface area contributed by atoms with Crippen molar-refractivity contribution in [1.82, 2.24) is 8.96 Å². The number of rotatable bonds is 0. The minimum Gasteiger partial charge on any atom is -0.400 e. The molecule has 2 aliphatic heterocycles. The average molecular weight is 537 g/mol. The Labute approximate surface area is 239 Å². The number of halogens is 1. The number of nitrogens with zero attached hydrogens (tertiary/aromatic N) is 3. The van der Waals surface area contributed by atoms with Crippen LogP contribution >= 0.6 is 0 Å². The minimum absolute atomic E-state index is 0.908. The van der Waals surface area contributed by atoms with Crippen molar-refractivity contribution >= 4 is 72.0 Å². The van der Waals surface area contributed by atoms with Crippen LogP contribution in [0.3, 0.4) is 0 Å². The van der Waals surface area contributed by atoms with Crippen LogP contribution in [0.25, 0.3) is 87.7 Å². The molecule has 0 spiro atoms. The molecule has 6 aromatic carbocycles. The van der Waals surface area contributed by atoms with Gasteiger partial charge in [-0.2, -0.15) is 0 Å². The highest BCUT2D eigenvalue weighted by Gasteiger charge is 2.56. The molecule has 5 heterocycles. The van der Waals surface area contributed by atoms with E-state index in [0.717, 1.165) is 87.7 Å². The molecule has 194 valence electrons. The van der Waals surface area contributed by atoms with Crippen LogP contribution in [0.1, 0.15) is 0 Å². The SMILES string of the molecule is F[B-]12n3c4ccc5ccccc5c4c4cccc(c43)-c3cccc([n+]31)-c1cccc3c4c5ccccc5ccc4n2c13. The lowest BCUT2D eigenvalue weighted by atomic mass is 9.75. The Bertz CT molecular complexity index is 2540. The lowest BCUT2D eigenvalue weighted by Gasteiger charge is -2.41. The fraction of sp³-hybridized carbons (Fsp3) is 0. The van der Waals surface area contributed by atoms with E-state index in [1.165, 1.54) is 0 Å². The topological polar surface area (TPSA) is 13.7 Å². The van der Waals surface area contributed by atoms with Gasteiger partial charge in [-0.25, -0.2) is 0 Å². The second-order valence-corrected chi connectivity index (χ2v) is 11.8. The van der Waals surface area contributed by atoms with Crippen LogP contribution in [0, 0.1) is 0 Å². The Kier molecular flexibility index (Phi) is 3.50. The fourth-order valence-electron chi connectivity index (χ4n) is 8.49. The second kappa shape index (κ2) is 6.89. The molecule has 0 N–H and O–H groups in total. The van der Waals surface area contributed by atoms with Gasteiger partial charge in [0.25, 0.3) is 0 Å². The predicted molar refractivity (Wildman–Crippen MR) is 172 cm³/mol. The molecule has 0 radical (unpaired) electrons. The molecule has 3 nitrogen and oxygen atoms in total. The summed E-state index contributed by atoms with van der Waals surface area (Å²) < 4.78 is 25.5. The lowest BCUT2D eigenvalue weighted by Crippen LogP contribution is -2.75. The molecule has 0 fully saturated rings. The zero-order valence-electron chi connectivity index (χ0n) is 22.4. The normalized spacial score (nSPS) is 14.5. The van der Waals surface area contributed by atoms with Gasteiger partial charge in [0.1, 0.15) is 0 Å². The van der Waals surface area contributed by atoms with Gasteiger partial charge in [0, 0.05) is 55.7 Å². The van der Waals surface area contributed by atoms with E-state index in [9.17, 15) is 0 Å². The first-order valence-corrected chi connectivity index (χ1v) is 14.5. The number of pyridine rings is 1. The largest absolute Gasteiger partial charge is 0.667 e. The van der Waals surface area contributed by atoms with Crippen LogP contribution in [0.15, 0.2) is 127 Å². The third kappa shape index (κ3) is 2.15. The van der Waals surface area contributed by atoms with Crippen LogP contribution in [-0.4, -0.2) is 15.8 Å². The van der Waals surface area contributed by atoms with Crippen molar-refractivity contribution in [3.05, 3.63) is 127 Å². The summed E-state index contributed by atoms with van der Waals surface area (Å²) in [5, 5.41) is 9.02. The maximum atomic E-state index is 19.4. The summed E-state index contributed by atoms with van der Waals surface area (Å²) in [6.07, 6.45) is 0. The highest BCUT2D eigenvalue weighted by Crippen LogP contribution is 2.48. The molecule has 42 heavy (non-hydrogen) atoms. The molecule has 0 saturated carbocycles. The van der Waals surface area contributed by atoms with Gasteiger partial charge in [-0.05, 0) is 51.9 Å². The molecule has 5 heteroatoms. The van der Waals surface area contributed by atoms with E-state index in [-0.39, 0.29) is 0 Å². The number of benzene rings is 6. The van der Waals surface area contributed by atoms with E-state index >= 15 is 4.32 Å². The monoisotopic (exact) mass is 537 g/mol. The molecule has 0 unspecified atom stereocenters. The number of fused-ring (bicyclic) bond motifs is 14. The molecule has 2 aliphatic rings. The molecule has 0 atom stereocenters. The maximum absolute atomic E-state index is 19.4. The Hall–Kier alpha value is -5.42. The Morgan fingerprint density at radius 2 is 0.905 bits per heavy atom. The Morgan fingerprint density at radius 1 is 0.452 bits per heavy atom. The van der Waals surface area contributed by atoms with E-state index in [0.29, 0.717) is 0 Å². The number of para-hydroxylation sites is 2. The summed E-state index contributed by atoms with van der Waals surface area (Å²) in [6, 6.07) is 44.6. The van der Waals surface area contributed by atoms with Gasteiger partial charge >= 0.3 is 6.83 Å². The van der Waals surface area contributed by atoms with Crippen molar-refractivity contribution in [3.63, 3.8) is 0 Å². The molecule has 0 aliphatic carbocycles. The third-order valence-corrected chi connectivity index (χ3v) is 9.99. The first kappa shape index (κ1) is 21.3. The van der Waals surface area contributed by atoms with Crippen molar-refractivity contribution in [1.29, 1.82) is 0 Å². The summed E-state index contributed by atoms with van der Waals surface area (Å²) in [5.74, 6) is 0. The molecule has 3 aromatic heterocycles. The van der Waals surface area contributed by atoms with Crippen molar-refractivity contribution in [2.45, 2.75) is 0 Å². The maximum Gasteiger partial charge on any atom is 0.667 e.